The highest BCUT2D eigenvalue weighted by Crippen LogP contribution is 2.37. The van der Waals surface area contributed by atoms with Gasteiger partial charge in [-0.05, 0) is 67.4 Å². The van der Waals surface area contributed by atoms with Gasteiger partial charge in [0, 0.05) is 44.0 Å². The maximum absolute atomic E-state index is 13.7. The van der Waals surface area contributed by atoms with Crippen LogP contribution in [0.15, 0.2) is 71.9 Å². The van der Waals surface area contributed by atoms with Crippen LogP contribution in [-0.2, 0) is 16.6 Å². The molecule has 0 spiro atoms. The van der Waals surface area contributed by atoms with E-state index in [4.69, 9.17) is 4.74 Å². The smallest absolute Gasteiger partial charge is 0.247 e. The highest BCUT2D eigenvalue weighted by molar-refractivity contribution is 7.89. The van der Waals surface area contributed by atoms with Gasteiger partial charge in [0.05, 0.1) is 6.61 Å². The normalized spacial score (nSPS) is 20.7. The van der Waals surface area contributed by atoms with Crippen molar-refractivity contribution >= 4 is 10.0 Å². The number of benzene rings is 2. The molecule has 1 N–H and O–H groups in total. The van der Waals surface area contributed by atoms with Gasteiger partial charge in [0.2, 0.25) is 10.0 Å². The zero-order valence-electron chi connectivity index (χ0n) is 21.3. The van der Waals surface area contributed by atoms with Crippen molar-refractivity contribution < 1.29 is 18.3 Å². The molecule has 0 bridgehead atoms. The van der Waals surface area contributed by atoms with Crippen molar-refractivity contribution in [2.24, 2.45) is 5.92 Å². The van der Waals surface area contributed by atoms with E-state index in [1.807, 2.05) is 69.4 Å². The molecule has 1 aliphatic rings. The number of ether oxygens (including phenoxy) is 1. The number of aryl methyl sites for hydroxylation is 1. The fraction of sp³-hybridized carbons (Fsp3) is 0.393. The Morgan fingerprint density at radius 3 is 2.58 bits per heavy atom. The number of pyridine rings is 1. The SMILES string of the molecule is Cc1ccccc1-c1ccc2c(c1)O[C@@H](CN(C)Cc1ccncc1)[C@H](C)CN([C@H](C)CO)S2(=O)=O. The number of sulfonamides is 1. The quantitative estimate of drug-likeness (QED) is 0.519. The number of fused-ring (bicyclic) bond motifs is 1. The molecule has 0 radical (unpaired) electrons. The summed E-state index contributed by atoms with van der Waals surface area (Å²) in [6.45, 7) is 7.12. The lowest BCUT2D eigenvalue weighted by molar-refractivity contribution is 0.0734. The maximum Gasteiger partial charge on any atom is 0.247 e. The Labute approximate surface area is 214 Å². The summed E-state index contributed by atoms with van der Waals surface area (Å²) in [6.07, 6.45) is 3.30. The molecule has 4 rings (SSSR count). The Balaban J connectivity index is 1.74. The molecule has 7 nitrogen and oxygen atoms in total. The molecule has 2 aromatic carbocycles. The van der Waals surface area contributed by atoms with E-state index in [-0.39, 0.29) is 30.1 Å². The van der Waals surface area contributed by atoms with Crippen molar-refractivity contribution in [1.82, 2.24) is 14.2 Å². The van der Waals surface area contributed by atoms with Gasteiger partial charge in [0.25, 0.3) is 0 Å². The number of likely N-dealkylation sites (N-methyl/N-ethyl adjacent to an activating group) is 1. The topological polar surface area (TPSA) is 83.0 Å². The van der Waals surface area contributed by atoms with E-state index >= 15 is 0 Å². The van der Waals surface area contributed by atoms with E-state index in [1.54, 1.807) is 25.4 Å². The Morgan fingerprint density at radius 2 is 1.89 bits per heavy atom. The molecular formula is C28H35N3O4S. The van der Waals surface area contributed by atoms with Crippen LogP contribution < -0.4 is 4.74 Å². The number of nitrogens with zero attached hydrogens (tertiary/aromatic N) is 3. The van der Waals surface area contributed by atoms with Crippen LogP contribution in [0.2, 0.25) is 0 Å². The predicted octanol–water partition coefficient (Wildman–Crippen LogP) is 3.96. The molecule has 0 fully saturated rings. The largest absolute Gasteiger partial charge is 0.487 e. The second-order valence-electron chi connectivity index (χ2n) is 9.77. The third kappa shape index (κ3) is 5.62. The van der Waals surface area contributed by atoms with Gasteiger partial charge in [0.1, 0.15) is 16.7 Å². The number of hydrogen-bond donors (Lipinski definition) is 1. The number of hydrogen-bond acceptors (Lipinski definition) is 6. The van der Waals surface area contributed by atoms with Crippen molar-refractivity contribution in [2.75, 3.05) is 26.7 Å². The van der Waals surface area contributed by atoms with E-state index in [1.165, 1.54) is 4.31 Å². The molecule has 8 heteroatoms. The van der Waals surface area contributed by atoms with Gasteiger partial charge in [-0.2, -0.15) is 4.31 Å². The Morgan fingerprint density at radius 1 is 1.17 bits per heavy atom. The first-order chi connectivity index (χ1) is 17.2. The molecule has 1 aliphatic heterocycles. The molecule has 3 aromatic rings. The first-order valence-electron chi connectivity index (χ1n) is 12.3. The summed E-state index contributed by atoms with van der Waals surface area (Å²) in [4.78, 5) is 6.40. The molecule has 0 saturated heterocycles. The minimum absolute atomic E-state index is 0.107. The van der Waals surface area contributed by atoms with Crippen LogP contribution in [0.25, 0.3) is 11.1 Å². The lowest BCUT2D eigenvalue weighted by atomic mass is 10.00. The average Bonchev–Trinajstić information content (AvgIpc) is 2.86. The minimum Gasteiger partial charge on any atom is -0.487 e. The fourth-order valence-electron chi connectivity index (χ4n) is 4.68. The van der Waals surface area contributed by atoms with Gasteiger partial charge >= 0.3 is 0 Å². The van der Waals surface area contributed by atoms with Crippen LogP contribution in [-0.4, -0.2) is 66.6 Å². The number of aliphatic hydroxyl groups excluding tert-OH is 1. The Kier molecular flexibility index (Phi) is 8.10. The molecule has 1 aromatic heterocycles. The van der Waals surface area contributed by atoms with Crippen LogP contribution in [0.5, 0.6) is 5.75 Å². The molecule has 192 valence electrons. The second-order valence-corrected chi connectivity index (χ2v) is 11.6. The van der Waals surface area contributed by atoms with Crippen LogP contribution in [0.3, 0.4) is 0 Å². The minimum atomic E-state index is -3.87. The van der Waals surface area contributed by atoms with Crippen molar-refractivity contribution in [3.8, 4) is 16.9 Å². The number of aromatic nitrogens is 1. The Hall–Kier alpha value is -2.78. The van der Waals surface area contributed by atoms with Crippen LogP contribution in [0, 0.1) is 12.8 Å². The molecule has 0 saturated carbocycles. The first-order valence-corrected chi connectivity index (χ1v) is 13.7. The fourth-order valence-corrected chi connectivity index (χ4v) is 6.51. The molecule has 2 heterocycles. The van der Waals surface area contributed by atoms with Gasteiger partial charge in [0.15, 0.2) is 0 Å². The molecule has 0 unspecified atom stereocenters. The summed E-state index contributed by atoms with van der Waals surface area (Å²) in [6, 6.07) is 16.7. The summed E-state index contributed by atoms with van der Waals surface area (Å²) in [5.74, 6) is 0.240. The maximum atomic E-state index is 13.7. The molecule has 0 amide bonds. The zero-order chi connectivity index (χ0) is 25.9. The first kappa shape index (κ1) is 26.3. The summed E-state index contributed by atoms with van der Waals surface area (Å²) in [5.41, 5.74) is 4.18. The molecule has 0 aliphatic carbocycles. The third-order valence-corrected chi connectivity index (χ3v) is 8.84. The van der Waals surface area contributed by atoms with Crippen molar-refractivity contribution in [3.63, 3.8) is 0 Å². The van der Waals surface area contributed by atoms with Crippen molar-refractivity contribution in [2.45, 2.75) is 44.4 Å². The van der Waals surface area contributed by atoms with Crippen LogP contribution in [0.4, 0.5) is 0 Å². The number of aliphatic hydroxyl groups is 1. The van der Waals surface area contributed by atoms with E-state index in [2.05, 4.69) is 9.88 Å². The lowest BCUT2D eigenvalue weighted by Crippen LogP contribution is -2.49. The van der Waals surface area contributed by atoms with Gasteiger partial charge in [-0.25, -0.2) is 8.42 Å². The van der Waals surface area contributed by atoms with Gasteiger partial charge < -0.3 is 9.84 Å². The van der Waals surface area contributed by atoms with Gasteiger partial charge in [-0.1, -0.05) is 37.3 Å². The summed E-state index contributed by atoms with van der Waals surface area (Å²) >= 11 is 0. The zero-order valence-corrected chi connectivity index (χ0v) is 22.1. The third-order valence-electron chi connectivity index (χ3n) is 6.82. The second kappa shape index (κ2) is 11.1. The van der Waals surface area contributed by atoms with Gasteiger partial charge in [-0.15, -0.1) is 0 Å². The highest BCUT2D eigenvalue weighted by atomic mass is 32.2. The van der Waals surface area contributed by atoms with E-state index < -0.39 is 16.1 Å². The lowest BCUT2D eigenvalue weighted by Gasteiger charge is -2.37. The summed E-state index contributed by atoms with van der Waals surface area (Å²) in [5, 5.41) is 9.86. The summed E-state index contributed by atoms with van der Waals surface area (Å²) in [7, 11) is -1.84. The predicted molar refractivity (Wildman–Crippen MR) is 141 cm³/mol. The number of rotatable bonds is 7. The van der Waals surface area contributed by atoms with Crippen LogP contribution in [0.1, 0.15) is 25.0 Å². The molecular weight excluding hydrogens is 474 g/mol. The monoisotopic (exact) mass is 509 g/mol. The van der Waals surface area contributed by atoms with E-state index in [0.29, 0.717) is 12.3 Å². The molecule has 3 atom stereocenters. The van der Waals surface area contributed by atoms with Crippen LogP contribution >= 0.6 is 0 Å². The highest BCUT2D eigenvalue weighted by Gasteiger charge is 2.38. The van der Waals surface area contributed by atoms with E-state index in [0.717, 1.165) is 28.8 Å². The Bertz CT molecular complexity index is 1280. The standard InChI is InChI=1S/C28H35N3O4S/c1-20-7-5-6-8-25(20)24-9-10-28-26(15-24)35-27(18-30(4)17-23-11-13-29-14-12-23)21(2)16-31(22(3)19-32)36(28,33)34/h5-15,21-22,27,32H,16-19H2,1-4H3/t21-,22-,27+/m1/s1. The van der Waals surface area contributed by atoms with Gasteiger partial charge in [-0.3, -0.25) is 9.88 Å². The summed E-state index contributed by atoms with van der Waals surface area (Å²) < 4.78 is 35.4. The molecule has 36 heavy (non-hydrogen) atoms. The van der Waals surface area contributed by atoms with E-state index in [9.17, 15) is 13.5 Å². The average molecular weight is 510 g/mol. The van der Waals surface area contributed by atoms with Crippen molar-refractivity contribution in [1.29, 1.82) is 0 Å². The van der Waals surface area contributed by atoms with Crippen molar-refractivity contribution in [3.05, 3.63) is 78.1 Å².